The Kier molecular flexibility index (Phi) is 5.02. The highest BCUT2D eigenvalue weighted by Crippen LogP contribution is 2.39. The van der Waals surface area contributed by atoms with Gasteiger partial charge in [-0.3, -0.25) is 9.69 Å². The van der Waals surface area contributed by atoms with E-state index in [1.165, 1.54) is 11.1 Å². The van der Waals surface area contributed by atoms with Crippen molar-refractivity contribution < 1.29 is 9.90 Å². The average Bonchev–Trinajstić information content (AvgIpc) is 3.44. The molecule has 27 heavy (non-hydrogen) atoms. The maximum atomic E-state index is 12.6. The minimum atomic E-state index is -0.535. The first-order valence-electron chi connectivity index (χ1n) is 9.89. The molecule has 0 saturated heterocycles. The first-order valence-corrected chi connectivity index (χ1v) is 9.89. The van der Waals surface area contributed by atoms with E-state index < -0.39 is 6.10 Å². The average molecular weight is 364 g/mol. The van der Waals surface area contributed by atoms with Gasteiger partial charge in [0.15, 0.2) is 0 Å². The number of aliphatic hydroxyl groups is 1. The van der Waals surface area contributed by atoms with Crippen molar-refractivity contribution in [3.05, 3.63) is 65.2 Å². The molecule has 2 aromatic carbocycles. The largest absolute Gasteiger partial charge is 0.387 e. The summed E-state index contributed by atoms with van der Waals surface area (Å²) in [5, 5.41) is 10.7. The first-order chi connectivity index (χ1) is 13.0. The molecule has 2 aromatic rings. The number of carbonyl (C=O) groups excluding carboxylic acids is 1. The monoisotopic (exact) mass is 364 g/mol. The smallest absolute Gasteiger partial charge is 0.230 e. The summed E-state index contributed by atoms with van der Waals surface area (Å²) in [7, 11) is 2.03. The summed E-state index contributed by atoms with van der Waals surface area (Å²) in [6.45, 7) is 3.50. The Hall–Kier alpha value is -2.17. The number of carbonyl (C=O) groups is 1. The van der Waals surface area contributed by atoms with Crippen molar-refractivity contribution >= 4 is 11.6 Å². The van der Waals surface area contributed by atoms with E-state index in [1.54, 1.807) is 0 Å². The van der Waals surface area contributed by atoms with Crippen molar-refractivity contribution in [3.63, 3.8) is 0 Å². The molecule has 142 valence electrons. The lowest BCUT2D eigenvalue weighted by Gasteiger charge is -2.23. The van der Waals surface area contributed by atoms with Gasteiger partial charge in [0.05, 0.1) is 6.10 Å². The number of aliphatic hydroxyl groups excluding tert-OH is 1. The molecular formula is C23H28N2O2. The van der Waals surface area contributed by atoms with Gasteiger partial charge in [0.25, 0.3) is 0 Å². The van der Waals surface area contributed by atoms with E-state index in [-0.39, 0.29) is 17.9 Å². The summed E-state index contributed by atoms with van der Waals surface area (Å²) in [5.74, 6) is 0.507. The fraction of sp³-hybridized carbons (Fsp3) is 0.435. The van der Waals surface area contributed by atoms with E-state index >= 15 is 0 Å². The highest BCUT2D eigenvalue weighted by atomic mass is 16.3. The van der Waals surface area contributed by atoms with Crippen molar-refractivity contribution in [2.24, 2.45) is 5.92 Å². The molecule has 1 fully saturated rings. The van der Waals surface area contributed by atoms with Crippen LogP contribution in [0, 0.1) is 5.92 Å². The Labute approximate surface area is 161 Å². The summed E-state index contributed by atoms with van der Waals surface area (Å²) < 4.78 is 0. The lowest BCUT2D eigenvalue weighted by atomic mass is 10.0. The molecule has 0 aromatic heterocycles. The van der Waals surface area contributed by atoms with E-state index in [1.807, 2.05) is 42.3 Å². The van der Waals surface area contributed by atoms with Crippen LogP contribution in [0.15, 0.2) is 48.5 Å². The Bertz CT molecular complexity index is 816. The molecular weight excluding hydrogens is 336 g/mol. The first kappa shape index (κ1) is 18.2. The maximum absolute atomic E-state index is 12.6. The number of nitrogens with zero attached hydrogens (tertiary/aromatic N) is 2. The normalized spacial score (nSPS) is 20.0. The van der Waals surface area contributed by atoms with Crippen LogP contribution in [0.5, 0.6) is 0 Å². The molecule has 4 rings (SSSR count). The zero-order chi connectivity index (χ0) is 19.0. The van der Waals surface area contributed by atoms with E-state index in [2.05, 4.69) is 30.0 Å². The lowest BCUT2D eigenvalue weighted by molar-refractivity contribution is -0.120. The zero-order valence-corrected chi connectivity index (χ0v) is 16.1. The summed E-state index contributed by atoms with van der Waals surface area (Å²) in [5.41, 5.74) is 4.39. The predicted octanol–water partition coefficient (Wildman–Crippen LogP) is 3.54. The summed E-state index contributed by atoms with van der Waals surface area (Å²) in [6, 6.07) is 16.6. The molecule has 1 heterocycles. The Morgan fingerprint density at radius 1 is 1.22 bits per heavy atom. The lowest BCUT2D eigenvalue weighted by Crippen LogP contribution is -2.36. The number of benzene rings is 2. The summed E-state index contributed by atoms with van der Waals surface area (Å²) in [6.07, 6.45) is 2.39. The van der Waals surface area contributed by atoms with Gasteiger partial charge in [-0.1, -0.05) is 42.5 Å². The molecule has 1 saturated carbocycles. The van der Waals surface area contributed by atoms with Crippen LogP contribution in [-0.4, -0.2) is 35.5 Å². The fourth-order valence-corrected chi connectivity index (χ4v) is 4.08. The standard InChI is InChI=1S/C23H28N2O2/c1-16-12-20-13-19(10-11-21(20)25(16)23(27)18-8-9-18)22(26)15-24(2)14-17-6-4-3-5-7-17/h3-7,10-11,13,16,18,22,26H,8-9,12,14-15H2,1-2H3/t16-,22+/m0/s1. The van der Waals surface area contributed by atoms with Crippen LogP contribution in [0.2, 0.25) is 0 Å². The van der Waals surface area contributed by atoms with Crippen LogP contribution in [0.25, 0.3) is 0 Å². The van der Waals surface area contributed by atoms with Crippen molar-refractivity contribution in [1.29, 1.82) is 0 Å². The van der Waals surface area contributed by atoms with Crippen LogP contribution in [0.3, 0.4) is 0 Å². The van der Waals surface area contributed by atoms with Gasteiger partial charge in [-0.2, -0.15) is 0 Å². The van der Waals surface area contributed by atoms with Gasteiger partial charge in [-0.25, -0.2) is 0 Å². The quantitative estimate of drug-likeness (QED) is 0.853. The Morgan fingerprint density at radius 2 is 1.96 bits per heavy atom. The van der Waals surface area contributed by atoms with Gasteiger partial charge in [0, 0.05) is 30.7 Å². The molecule has 1 amide bonds. The predicted molar refractivity (Wildman–Crippen MR) is 108 cm³/mol. The highest BCUT2D eigenvalue weighted by molar-refractivity contribution is 5.99. The molecule has 0 bridgehead atoms. The molecule has 0 spiro atoms. The number of amides is 1. The third-order valence-corrected chi connectivity index (χ3v) is 5.65. The number of hydrogen-bond donors (Lipinski definition) is 1. The number of anilines is 1. The molecule has 1 aliphatic carbocycles. The van der Waals surface area contributed by atoms with Gasteiger partial charge in [0.2, 0.25) is 5.91 Å². The Balaban J connectivity index is 1.44. The molecule has 2 aliphatic rings. The van der Waals surface area contributed by atoms with Crippen molar-refractivity contribution in [2.45, 2.75) is 44.9 Å². The molecule has 1 aliphatic heterocycles. The van der Waals surface area contributed by atoms with Crippen LogP contribution in [0.4, 0.5) is 5.69 Å². The number of hydrogen-bond acceptors (Lipinski definition) is 3. The van der Waals surface area contributed by atoms with Crippen molar-refractivity contribution in [2.75, 3.05) is 18.5 Å². The molecule has 1 N–H and O–H groups in total. The number of fused-ring (bicyclic) bond motifs is 1. The van der Waals surface area contributed by atoms with Crippen LogP contribution in [0.1, 0.15) is 42.6 Å². The number of rotatable bonds is 6. The SMILES string of the molecule is C[C@H]1Cc2cc([C@H](O)CN(C)Cc3ccccc3)ccc2N1C(=O)C1CC1. The van der Waals surface area contributed by atoms with Gasteiger partial charge < -0.3 is 10.0 Å². The van der Waals surface area contributed by atoms with E-state index in [0.29, 0.717) is 6.54 Å². The van der Waals surface area contributed by atoms with Crippen LogP contribution >= 0.6 is 0 Å². The third-order valence-electron chi connectivity index (χ3n) is 5.65. The van der Waals surface area contributed by atoms with Crippen LogP contribution in [-0.2, 0) is 17.8 Å². The van der Waals surface area contributed by atoms with Crippen LogP contribution < -0.4 is 4.90 Å². The van der Waals surface area contributed by atoms with Gasteiger partial charge in [-0.15, -0.1) is 0 Å². The summed E-state index contributed by atoms with van der Waals surface area (Å²) in [4.78, 5) is 16.7. The van der Waals surface area contributed by atoms with Crippen molar-refractivity contribution in [3.8, 4) is 0 Å². The molecule has 0 radical (unpaired) electrons. The third kappa shape index (κ3) is 3.92. The van der Waals surface area contributed by atoms with Gasteiger partial charge in [-0.05, 0) is 56.0 Å². The molecule has 4 heteroatoms. The topological polar surface area (TPSA) is 43.8 Å². The van der Waals surface area contributed by atoms with Gasteiger partial charge in [0.1, 0.15) is 0 Å². The molecule has 2 atom stereocenters. The highest BCUT2D eigenvalue weighted by Gasteiger charge is 2.39. The second-order valence-electron chi connectivity index (χ2n) is 8.12. The Morgan fingerprint density at radius 3 is 2.67 bits per heavy atom. The van der Waals surface area contributed by atoms with E-state index in [4.69, 9.17) is 0 Å². The fourth-order valence-electron chi connectivity index (χ4n) is 4.08. The zero-order valence-electron chi connectivity index (χ0n) is 16.1. The summed E-state index contributed by atoms with van der Waals surface area (Å²) >= 11 is 0. The maximum Gasteiger partial charge on any atom is 0.230 e. The van der Waals surface area contributed by atoms with Crippen molar-refractivity contribution in [1.82, 2.24) is 4.90 Å². The second-order valence-corrected chi connectivity index (χ2v) is 8.12. The molecule has 4 nitrogen and oxygen atoms in total. The minimum Gasteiger partial charge on any atom is -0.387 e. The second kappa shape index (κ2) is 7.45. The minimum absolute atomic E-state index is 0.209. The van der Waals surface area contributed by atoms with E-state index in [0.717, 1.165) is 37.1 Å². The molecule has 0 unspecified atom stereocenters. The van der Waals surface area contributed by atoms with Gasteiger partial charge >= 0.3 is 0 Å². The number of likely N-dealkylation sites (N-methyl/N-ethyl adjacent to an activating group) is 1. The van der Waals surface area contributed by atoms with E-state index in [9.17, 15) is 9.90 Å².